The predicted octanol–water partition coefficient (Wildman–Crippen LogP) is 3.80. The molecule has 1 saturated heterocycles. The number of hydrogen-bond acceptors (Lipinski definition) is 3. The van der Waals surface area contributed by atoms with Gasteiger partial charge < -0.3 is 15.0 Å². The number of nitrogens with one attached hydrogen (secondary N) is 1. The molecule has 0 spiro atoms. The second kappa shape index (κ2) is 7.27. The molecule has 5 heteroatoms. The standard InChI is InChI=1S/C16H26N2O2S/c1-4-13(14-7-5-12-21-14)17-15(19)18-10-6-8-16(2,20-3)9-11-18/h5,7,12-13H,4,6,8-11H2,1-3H3,(H,17,19)/t13-,16+/m1/s1. The largest absolute Gasteiger partial charge is 0.378 e. The lowest BCUT2D eigenvalue weighted by Gasteiger charge is -2.27. The van der Waals surface area contributed by atoms with E-state index in [1.54, 1.807) is 18.4 Å². The fourth-order valence-electron chi connectivity index (χ4n) is 2.76. The summed E-state index contributed by atoms with van der Waals surface area (Å²) in [5, 5.41) is 5.22. The molecule has 2 amide bonds. The Balaban J connectivity index is 1.94. The number of carbonyl (C=O) groups excluding carboxylic acids is 1. The molecule has 1 N–H and O–H groups in total. The van der Waals surface area contributed by atoms with Gasteiger partial charge in [-0.15, -0.1) is 11.3 Å². The van der Waals surface area contributed by atoms with E-state index in [9.17, 15) is 4.79 Å². The highest BCUT2D eigenvalue weighted by molar-refractivity contribution is 7.10. The SMILES string of the molecule is CC[C@@H](NC(=O)N1CCC[C@](C)(OC)CC1)c1cccs1. The van der Waals surface area contributed by atoms with Gasteiger partial charge in [-0.25, -0.2) is 4.79 Å². The summed E-state index contributed by atoms with van der Waals surface area (Å²) in [4.78, 5) is 15.6. The average Bonchev–Trinajstić information content (AvgIpc) is 2.94. The van der Waals surface area contributed by atoms with Crippen LogP contribution in [0, 0.1) is 0 Å². The minimum absolute atomic E-state index is 0.0515. The molecule has 2 heterocycles. The highest BCUT2D eigenvalue weighted by Crippen LogP contribution is 2.26. The van der Waals surface area contributed by atoms with Gasteiger partial charge >= 0.3 is 6.03 Å². The first-order valence-electron chi connectivity index (χ1n) is 7.72. The highest BCUT2D eigenvalue weighted by Gasteiger charge is 2.29. The van der Waals surface area contributed by atoms with Crippen LogP contribution < -0.4 is 5.32 Å². The molecular weight excluding hydrogens is 284 g/mol. The Morgan fingerprint density at radius 2 is 2.33 bits per heavy atom. The number of nitrogens with zero attached hydrogens (tertiary/aromatic N) is 1. The number of ether oxygens (including phenoxy) is 1. The third-order valence-corrected chi connectivity index (χ3v) is 5.40. The third kappa shape index (κ3) is 4.20. The lowest BCUT2D eigenvalue weighted by atomic mass is 9.97. The van der Waals surface area contributed by atoms with Crippen molar-refractivity contribution in [3.8, 4) is 0 Å². The topological polar surface area (TPSA) is 41.6 Å². The summed E-state index contributed by atoms with van der Waals surface area (Å²) in [6.07, 6.45) is 3.81. The first kappa shape index (κ1) is 16.3. The van der Waals surface area contributed by atoms with E-state index >= 15 is 0 Å². The molecule has 4 nitrogen and oxygen atoms in total. The van der Waals surface area contributed by atoms with Crippen molar-refractivity contribution in [2.45, 2.75) is 51.2 Å². The van der Waals surface area contributed by atoms with Gasteiger partial charge in [0.2, 0.25) is 0 Å². The van der Waals surface area contributed by atoms with Crippen molar-refractivity contribution in [3.63, 3.8) is 0 Å². The molecule has 1 aliphatic heterocycles. The van der Waals surface area contributed by atoms with Crippen molar-refractivity contribution in [1.29, 1.82) is 0 Å². The van der Waals surface area contributed by atoms with Crippen molar-refractivity contribution in [2.24, 2.45) is 0 Å². The first-order chi connectivity index (χ1) is 10.1. The van der Waals surface area contributed by atoms with Gasteiger partial charge in [-0.1, -0.05) is 13.0 Å². The summed E-state index contributed by atoms with van der Waals surface area (Å²) in [7, 11) is 1.76. The highest BCUT2D eigenvalue weighted by atomic mass is 32.1. The smallest absolute Gasteiger partial charge is 0.317 e. The molecule has 1 aromatic heterocycles. The van der Waals surface area contributed by atoms with Crippen LogP contribution in [0.3, 0.4) is 0 Å². The quantitative estimate of drug-likeness (QED) is 0.919. The molecule has 1 fully saturated rings. The maximum atomic E-state index is 12.5. The van der Waals surface area contributed by atoms with Crippen LogP contribution in [-0.4, -0.2) is 36.7 Å². The van der Waals surface area contributed by atoms with Crippen LogP contribution in [0.15, 0.2) is 17.5 Å². The Labute approximate surface area is 131 Å². The second-order valence-corrected chi connectivity index (χ2v) is 6.90. The van der Waals surface area contributed by atoms with E-state index < -0.39 is 0 Å². The van der Waals surface area contributed by atoms with Gasteiger partial charge in [0.15, 0.2) is 0 Å². The molecule has 2 rings (SSSR count). The van der Waals surface area contributed by atoms with Crippen LogP contribution in [0.4, 0.5) is 4.79 Å². The van der Waals surface area contributed by atoms with Crippen LogP contribution in [0.5, 0.6) is 0 Å². The van der Waals surface area contributed by atoms with Gasteiger partial charge in [0.05, 0.1) is 11.6 Å². The third-order valence-electron chi connectivity index (χ3n) is 4.42. The molecule has 1 aliphatic rings. The summed E-state index contributed by atoms with van der Waals surface area (Å²) in [6.45, 7) is 5.81. The molecule has 0 aromatic carbocycles. The molecule has 0 unspecified atom stereocenters. The van der Waals surface area contributed by atoms with Gasteiger partial charge in [0, 0.05) is 25.1 Å². The molecule has 0 aliphatic carbocycles. The zero-order valence-electron chi connectivity index (χ0n) is 13.2. The molecular formula is C16H26N2O2S. The van der Waals surface area contributed by atoms with Crippen LogP contribution in [0.2, 0.25) is 0 Å². The van der Waals surface area contributed by atoms with E-state index in [1.165, 1.54) is 4.88 Å². The van der Waals surface area contributed by atoms with Crippen LogP contribution in [-0.2, 0) is 4.74 Å². The molecule has 0 bridgehead atoms. The lowest BCUT2D eigenvalue weighted by molar-refractivity contribution is -0.00501. The fraction of sp³-hybridized carbons (Fsp3) is 0.688. The number of methoxy groups -OCH3 is 1. The van der Waals surface area contributed by atoms with E-state index in [1.807, 2.05) is 11.0 Å². The summed E-state index contributed by atoms with van der Waals surface area (Å²) in [5.41, 5.74) is -0.0903. The average molecular weight is 310 g/mol. The minimum atomic E-state index is -0.0903. The molecule has 0 radical (unpaired) electrons. The number of carbonyl (C=O) groups is 1. The zero-order chi connectivity index (χ0) is 15.3. The van der Waals surface area contributed by atoms with Gasteiger partial charge in [-0.05, 0) is 44.1 Å². The molecule has 1 aromatic rings. The maximum absolute atomic E-state index is 12.5. The lowest BCUT2D eigenvalue weighted by Crippen LogP contribution is -2.42. The maximum Gasteiger partial charge on any atom is 0.317 e. The van der Waals surface area contributed by atoms with Gasteiger partial charge in [-0.2, -0.15) is 0 Å². The number of rotatable bonds is 4. The van der Waals surface area contributed by atoms with E-state index in [2.05, 4.69) is 30.6 Å². The number of amides is 2. The molecule has 118 valence electrons. The van der Waals surface area contributed by atoms with Crippen LogP contribution in [0.1, 0.15) is 50.4 Å². The molecule has 21 heavy (non-hydrogen) atoms. The van der Waals surface area contributed by atoms with Gasteiger partial charge in [0.25, 0.3) is 0 Å². The Hall–Kier alpha value is -1.07. The van der Waals surface area contributed by atoms with Crippen molar-refractivity contribution < 1.29 is 9.53 Å². The van der Waals surface area contributed by atoms with Crippen molar-refractivity contribution in [1.82, 2.24) is 10.2 Å². The summed E-state index contributed by atoms with van der Waals surface area (Å²) in [6, 6.07) is 4.29. The predicted molar refractivity (Wildman–Crippen MR) is 86.7 cm³/mol. The van der Waals surface area contributed by atoms with Crippen molar-refractivity contribution >= 4 is 17.4 Å². The second-order valence-electron chi connectivity index (χ2n) is 5.92. The van der Waals surface area contributed by atoms with Gasteiger partial charge in [0.1, 0.15) is 0 Å². The van der Waals surface area contributed by atoms with Crippen molar-refractivity contribution in [2.75, 3.05) is 20.2 Å². The normalized spacial score (nSPS) is 24.4. The van der Waals surface area contributed by atoms with Crippen molar-refractivity contribution in [3.05, 3.63) is 22.4 Å². The Bertz CT molecular complexity index is 449. The van der Waals surface area contributed by atoms with E-state index in [4.69, 9.17) is 4.74 Å². The Kier molecular flexibility index (Phi) is 5.65. The monoisotopic (exact) mass is 310 g/mol. The van der Waals surface area contributed by atoms with Crippen LogP contribution >= 0.6 is 11.3 Å². The summed E-state index contributed by atoms with van der Waals surface area (Å²) < 4.78 is 5.59. The Morgan fingerprint density at radius 1 is 1.52 bits per heavy atom. The van der Waals surface area contributed by atoms with Gasteiger partial charge in [-0.3, -0.25) is 0 Å². The number of thiophene rings is 1. The Morgan fingerprint density at radius 3 is 2.95 bits per heavy atom. The molecule has 2 atom stereocenters. The minimum Gasteiger partial charge on any atom is -0.378 e. The van der Waals surface area contributed by atoms with E-state index in [0.717, 1.165) is 38.8 Å². The zero-order valence-corrected chi connectivity index (χ0v) is 14.0. The molecule has 0 saturated carbocycles. The number of urea groups is 1. The number of hydrogen-bond donors (Lipinski definition) is 1. The summed E-state index contributed by atoms with van der Waals surface area (Å²) >= 11 is 1.70. The fourth-order valence-corrected chi connectivity index (χ4v) is 3.62. The number of likely N-dealkylation sites (tertiary alicyclic amines) is 1. The van der Waals surface area contributed by atoms with Crippen LogP contribution in [0.25, 0.3) is 0 Å². The van der Waals surface area contributed by atoms with E-state index in [0.29, 0.717) is 0 Å². The summed E-state index contributed by atoms with van der Waals surface area (Å²) in [5.74, 6) is 0. The van der Waals surface area contributed by atoms with E-state index in [-0.39, 0.29) is 17.7 Å². The first-order valence-corrected chi connectivity index (χ1v) is 8.60.